The molecule has 0 saturated carbocycles. The van der Waals surface area contributed by atoms with Crippen LogP contribution in [0.4, 0.5) is 0 Å². The first-order valence-corrected chi connectivity index (χ1v) is 14.7. The van der Waals surface area contributed by atoms with E-state index in [1.54, 1.807) is 0 Å². The third kappa shape index (κ3) is 7.87. The first-order valence-electron chi connectivity index (χ1n) is 14.7. The van der Waals surface area contributed by atoms with Crippen LogP contribution in [0.2, 0.25) is 0 Å². The molecule has 0 aliphatic carbocycles. The number of dihydropyridines is 1. The summed E-state index contributed by atoms with van der Waals surface area (Å²) in [5.74, 6) is -1.82. The van der Waals surface area contributed by atoms with Gasteiger partial charge in [-0.2, -0.15) is 0 Å². The Morgan fingerprint density at radius 2 is 0.771 bits per heavy atom. The molecule has 0 bridgehead atoms. The van der Waals surface area contributed by atoms with Crippen LogP contribution < -0.4 is 39.5 Å². The number of aliphatic hydroxyl groups excluding tert-OH is 4. The zero-order valence-electron chi connectivity index (χ0n) is 26.2. The Kier molecular flexibility index (Phi) is 12.9. The number of esters is 2. The molecule has 2 aromatic heterocycles. The summed E-state index contributed by atoms with van der Waals surface area (Å²) in [6.45, 7) is -2.89. The van der Waals surface area contributed by atoms with Crippen molar-refractivity contribution in [2.75, 3.05) is 39.6 Å². The summed E-state index contributed by atoms with van der Waals surface area (Å²) in [5, 5.41) is 39.7. The van der Waals surface area contributed by atoms with E-state index in [9.17, 15) is 58.8 Å². The fourth-order valence-corrected chi connectivity index (χ4v) is 4.87. The molecule has 0 spiro atoms. The normalized spacial score (nSPS) is 13.1. The van der Waals surface area contributed by atoms with Crippen LogP contribution in [0.15, 0.2) is 51.3 Å². The molecule has 0 fully saturated rings. The van der Waals surface area contributed by atoms with Gasteiger partial charge in [0.15, 0.2) is 0 Å². The van der Waals surface area contributed by atoms with Gasteiger partial charge in [-0.05, 0) is 13.8 Å². The van der Waals surface area contributed by atoms with Crippen LogP contribution in [0, 0.1) is 0 Å². The summed E-state index contributed by atoms with van der Waals surface area (Å²) < 4.78 is 14.2. The Morgan fingerprint density at radius 1 is 0.521 bits per heavy atom. The highest BCUT2D eigenvalue weighted by Crippen LogP contribution is 2.24. The molecule has 48 heavy (non-hydrogen) atoms. The maximum Gasteiger partial charge on any atom is 0.336 e. The molecule has 3 heterocycles. The minimum absolute atomic E-state index is 0.00188. The molecule has 264 valence electrons. The average molecular weight is 684 g/mol. The summed E-state index contributed by atoms with van der Waals surface area (Å²) in [6, 6.07) is 0. The largest absolute Gasteiger partial charge is 0.460 e. The fourth-order valence-electron chi connectivity index (χ4n) is 4.87. The Bertz CT molecular complexity index is 1740. The summed E-state index contributed by atoms with van der Waals surface area (Å²) in [4.78, 5) is 102. The molecule has 0 atom stereocenters. The van der Waals surface area contributed by atoms with Crippen LogP contribution in [0.5, 0.6) is 0 Å². The molecule has 21 nitrogen and oxygen atoms in total. The predicted octanol–water partition coefficient (Wildman–Crippen LogP) is -6.05. The first kappa shape index (κ1) is 37.3. The second-order valence-electron chi connectivity index (χ2n) is 10.3. The lowest BCUT2D eigenvalue weighted by atomic mass is 9.98. The molecular formula is C27H37N7O14. The first-order chi connectivity index (χ1) is 22.8. The molecule has 0 radical (unpaired) electrons. The number of ether oxygens (including phenoxy) is 2. The molecule has 3 rings (SSSR count). The number of carbonyl (C=O) groups is 2. The van der Waals surface area contributed by atoms with Gasteiger partial charge in [0.1, 0.15) is 13.2 Å². The van der Waals surface area contributed by atoms with Gasteiger partial charge < -0.3 is 35.2 Å². The summed E-state index contributed by atoms with van der Waals surface area (Å²) in [7, 11) is 0. The number of aliphatic hydroxyl groups is 4. The van der Waals surface area contributed by atoms with Crippen LogP contribution in [-0.2, 0) is 58.3 Å². The Balaban J connectivity index is 1.71. The smallest absolute Gasteiger partial charge is 0.336 e. The van der Waals surface area contributed by atoms with Crippen molar-refractivity contribution in [1.29, 1.82) is 0 Å². The van der Waals surface area contributed by atoms with E-state index >= 15 is 0 Å². The zero-order valence-corrected chi connectivity index (χ0v) is 26.2. The van der Waals surface area contributed by atoms with Gasteiger partial charge in [0.05, 0.1) is 76.8 Å². The van der Waals surface area contributed by atoms with Gasteiger partial charge in [-0.15, -0.1) is 0 Å². The third-order valence-corrected chi connectivity index (χ3v) is 7.29. The zero-order chi connectivity index (χ0) is 35.7. The molecule has 2 aromatic rings. The van der Waals surface area contributed by atoms with Gasteiger partial charge in [0.2, 0.25) is 0 Å². The standard InChI is InChI=1S/C27H37N7O14/c1-16-18(20(39)47-13-7-33-24(43)29(3-9-35)22(41)30(4-10-36)25(33)44)15-19(17(2)28-16)21(40)48-14-8-34-26(45)31(5-11-37)23(42)32(6-12-38)27(34)46/h28,35-38H,3-15H2,1-2H3. The molecule has 0 amide bonds. The maximum atomic E-state index is 13.0. The quantitative estimate of drug-likeness (QED) is 0.103. The Hall–Kier alpha value is -5.12. The number of carbonyl (C=O) groups excluding carboxylic acids is 2. The van der Waals surface area contributed by atoms with E-state index in [2.05, 4.69) is 5.32 Å². The SMILES string of the molecule is CC1=C(C(=O)OCCn2c(=O)n(CCO)c(=O)n(CCO)c2=O)CC(C(=O)OCCn2c(=O)n(CCO)c(=O)n(CCO)c2=O)=C(C)N1. The number of nitrogens with one attached hydrogen (secondary N) is 1. The lowest BCUT2D eigenvalue weighted by molar-refractivity contribution is -0.140. The average Bonchev–Trinajstić information content (AvgIpc) is 3.04. The van der Waals surface area contributed by atoms with Gasteiger partial charge in [0.25, 0.3) is 0 Å². The van der Waals surface area contributed by atoms with Crippen molar-refractivity contribution in [1.82, 2.24) is 32.7 Å². The van der Waals surface area contributed by atoms with Crippen LogP contribution in [-0.4, -0.2) is 99.4 Å². The second-order valence-corrected chi connectivity index (χ2v) is 10.3. The maximum absolute atomic E-state index is 13.0. The van der Waals surface area contributed by atoms with E-state index in [0.29, 0.717) is 38.8 Å². The van der Waals surface area contributed by atoms with Crippen molar-refractivity contribution < 1.29 is 39.5 Å². The number of nitrogens with zero attached hydrogens (tertiary/aromatic N) is 6. The fraction of sp³-hybridized carbons (Fsp3) is 0.556. The van der Waals surface area contributed by atoms with Crippen molar-refractivity contribution in [2.45, 2.75) is 59.5 Å². The minimum Gasteiger partial charge on any atom is -0.460 e. The van der Waals surface area contributed by atoms with E-state index in [4.69, 9.17) is 9.47 Å². The third-order valence-electron chi connectivity index (χ3n) is 7.29. The highest BCUT2D eigenvalue weighted by Gasteiger charge is 2.27. The Morgan fingerprint density at radius 3 is 1.02 bits per heavy atom. The predicted molar refractivity (Wildman–Crippen MR) is 162 cm³/mol. The lowest BCUT2D eigenvalue weighted by Crippen LogP contribution is -2.55. The topological polar surface area (TPSA) is 278 Å². The minimum atomic E-state index is -1.05. The number of rotatable bonds is 16. The van der Waals surface area contributed by atoms with Crippen LogP contribution in [0.3, 0.4) is 0 Å². The molecule has 0 unspecified atom stereocenters. The van der Waals surface area contributed by atoms with E-state index in [0.717, 1.165) is 0 Å². The summed E-state index contributed by atoms with van der Waals surface area (Å²) >= 11 is 0. The van der Waals surface area contributed by atoms with E-state index in [-0.39, 0.29) is 17.6 Å². The summed E-state index contributed by atoms with van der Waals surface area (Å²) in [5.41, 5.74) is -5.58. The van der Waals surface area contributed by atoms with Crippen LogP contribution in [0.1, 0.15) is 20.3 Å². The van der Waals surface area contributed by atoms with Gasteiger partial charge >= 0.3 is 46.1 Å². The van der Waals surface area contributed by atoms with Crippen LogP contribution in [0.25, 0.3) is 0 Å². The Labute approximate surface area is 269 Å². The molecule has 1 aliphatic heterocycles. The molecule has 5 N–H and O–H groups in total. The van der Waals surface area contributed by atoms with Crippen LogP contribution >= 0.6 is 0 Å². The molecule has 0 saturated heterocycles. The number of hydrogen-bond donors (Lipinski definition) is 5. The number of allylic oxidation sites excluding steroid dienone is 2. The molecular weight excluding hydrogens is 646 g/mol. The monoisotopic (exact) mass is 683 g/mol. The number of hydrogen-bond acceptors (Lipinski definition) is 15. The van der Waals surface area contributed by atoms with Gasteiger partial charge in [0, 0.05) is 17.8 Å². The van der Waals surface area contributed by atoms with Crippen molar-refractivity contribution >= 4 is 11.9 Å². The van der Waals surface area contributed by atoms with E-state index in [1.807, 2.05) is 0 Å². The molecule has 21 heteroatoms. The van der Waals surface area contributed by atoms with Gasteiger partial charge in [-0.1, -0.05) is 0 Å². The molecule has 1 aliphatic rings. The number of aromatic nitrogens is 6. The summed E-state index contributed by atoms with van der Waals surface area (Å²) in [6.07, 6.45) is -0.266. The van der Waals surface area contributed by atoms with Gasteiger partial charge in [-0.25, -0.2) is 65.8 Å². The van der Waals surface area contributed by atoms with E-state index in [1.165, 1.54) is 13.8 Å². The van der Waals surface area contributed by atoms with Crippen molar-refractivity contribution in [3.63, 3.8) is 0 Å². The second kappa shape index (κ2) is 16.6. The van der Waals surface area contributed by atoms with Crippen molar-refractivity contribution in [2.24, 2.45) is 0 Å². The molecule has 0 aromatic carbocycles. The van der Waals surface area contributed by atoms with Crippen molar-refractivity contribution in [3.05, 3.63) is 85.4 Å². The van der Waals surface area contributed by atoms with Gasteiger partial charge in [-0.3, -0.25) is 0 Å². The lowest BCUT2D eigenvalue weighted by Gasteiger charge is -2.22. The van der Waals surface area contributed by atoms with Crippen molar-refractivity contribution in [3.8, 4) is 0 Å². The highest BCUT2D eigenvalue weighted by atomic mass is 16.5. The van der Waals surface area contributed by atoms with E-state index < -0.39 is 125 Å². The highest BCUT2D eigenvalue weighted by molar-refractivity contribution is 5.96.